The molecular weight excluding hydrogens is 250 g/mol. The van der Waals surface area contributed by atoms with Crippen molar-refractivity contribution in [1.29, 1.82) is 0 Å². The van der Waals surface area contributed by atoms with E-state index in [0.717, 1.165) is 36.9 Å². The first-order valence-electron chi connectivity index (χ1n) is 6.25. The predicted octanol–water partition coefficient (Wildman–Crippen LogP) is 1.02. The Labute approximate surface area is 107 Å². The maximum Gasteiger partial charge on any atom is 0.301 e. The first-order valence-corrected chi connectivity index (χ1v) is 7.69. The van der Waals surface area contributed by atoms with Crippen LogP contribution in [0, 0.1) is 0 Å². The SMILES string of the molecule is Nc1ccc2c(c1)N(S(=O)(=O)NC1CC1)CCC2. The summed E-state index contributed by atoms with van der Waals surface area (Å²) >= 11 is 0. The van der Waals surface area contributed by atoms with Crippen LogP contribution in [0.1, 0.15) is 24.8 Å². The molecule has 0 aromatic heterocycles. The lowest BCUT2D eigenvalue weighted by Gasteiger charge is -2.30. The summed E-state index contributed by atoms with van der Waals surface area (Å²) in [5.74, 6) is 0. The molecule has 18 heavy (non-hydrogen) atoms. The Hall–Kier alpha value is -1.27. The van der Waals surface area contributed by atoms with Crippen molar-refractivity contribution < 1.29 is 8.42 Å². The zero-order valence-corrected chi connectivity index (χ0v) is 10.9. The maximum atomic E-state index is 12.3. The van der Waals surface area contributed by atoms with Gasteiger partial charge in [-0.05, 0) is 43.4 Å². The van der Waals surface area contributed by atoms with E-state index in [1.807, 2.05) is 12.1 Å². The topological polar surface area (TPSA) is 75.4 Å². The smallest absolute Gasteiger partial charge is 0.301 e. The van der Waals surface area contributed by atoms with E-state index < -0.39 is 10.2 Å². The van der Waals surface area contributed by atoms with Gasteiger partial charge in [-0.15, -0.1) is 0 Å². The summed E-state index contributed by atoms with van der Waals surface area (Å²) in [5.41, 5.74) is 8.14. The van der Waals surface area contributed by atoms with Crippen LogP contribution in [-0.4, -0.2) is 21.0 Å². The van der Waals surface area contributed by atoms with Crippen LogP contribution < -0.4 is 14.8 Å². The number of anilines is 2. The van der Waals surface area contributed by atoms with Crippen molar-refractivity contribution in [1.82, 2.24) is 4.72 Å². The molecule has 0 bridgehead atoms. The molecule has 2 aliphatic rings. The van der Waals surface area contributed by atoms with Crippen LogP contribution in [0.4, 0.5) is 11.4 Å². The van der Waals surface area contributed by atoms with Gasteiger partial charge in [-0.3, -0.25) is 4.31 Å². The van der Waals surface area contributed by atoms with Crippen molar-refractivity contribution in [3.8, 4) is 0 Å². The van der Waals surface area contributed by atoms with E-state index in [9.17, 15) is 8.42 Å². The summed E-state index contributed by atoms with van der Waals surface area (Å²) in [6.07, 6.45) is 3.64. The van der Waals surface area contributed by atoms with Gasteiger partial charge in [-0.2, -0.15) is 13.1 Å². The number of nitrogens with one attached hydrogen (secondary N) is 1. The Morgan fingerprint density at radius 3 is 2.83 bits per heavy atom. The van der Waals surface area contributed by atoms with Gasteiger partial charge in [-0.1, -0.05) is 6.07 Å². The molecule has 1 aromatic rings. The average molecular weight is 267 g/mol. The summed E-state index contributed by atoms with van der Waals surface area (Å²) < 4.78 is 28.7. The standard InChI is InChI=1S/C12H17N3O2S/c13-10-4-3-9-2-1-7-15(12(9)8-10)18(16,17)14-11-5-6-11/h3-4,8,11,14H,1-2,5-7,13H2. The van der Waals surface area contributed by atoms with Crippen LogP contribution in [0.5, 0.6) is 0 Å². The molecule has 1 fully saturated rings. The minimum atomic E-state index is -3.42. The third-order valence-electron chi connectivity index (χ3n) is 3.37. The first kappa shape index (κ1) is 11.8. The molecular formula is C12H17N3O2S. The Balaban J connectivity index is 1.97. The average Bonchev–Trinajstić information content (AvgIpc) is 3.11. The Bertz CT molecular complexity index is 567. The third kappa shape index (κ3) is 2.18. The van der Waals surface area contributed by atoms with E-state index >= 15 is 0 Å². The van der Waals surface area contributed by atoms with E-state index in [0.29, 0.717) is 12.2 Å². The third-order valence-corrected chi connectivity index (χ3v) is 4.96. The lowest BCUT2D eigenvalue weighted by atomic mass is 10.0. The second kappa shape index (κ2) is 4.13. The number of fused-ring (bicyclic) bond motifs is 1. The van der Waals surface area contributed by atoms with Crippen LogP contribution in [0.25, 0.3) is 0 Å². The van der Waals surface area contributed by atoms with Gasteiger partial charge in [0.1, 0.15) is 0 Å². The van der Waals surface area contributed by atoms with Gasteiger partial charge in [0.2, 0.25) is 0 Å². The van der Waals surface area contributed by atoms with Crippen molar-refractivity contribution >= 4 is 21.6 Å². The summed E-state index contributed by atoms with van der Waals surface area (Å²) in [6.45, 7) is 0.526. The van der Waals surface area contributed by atoms with Gasteiger partial charge in [0, 0.05) is 18.3 Å². The highest BCUT2D eigenvalue weighted by Gasteiger charge is 2.33. The number of benzene rings is 1. The molecule has 0 atom stereocenters. The minimum Gasteiger partial charge on any atom is -0.399 e. The van der Waals surface area contributed by atoms with E-state index in [-0.39, 0.29) is 6.04 Å². The lowest BCUT2D eigenvalue weighted by molar-refractivity contribution is 0.571. The maximum absolute atomic E-state index is 12.3. The number of rotatable bonds is 3. The minimum absolute atomic E-state index is 0.126. The predicted molar refractivity (Wildman–Crippen MR) is 71.6 cm³/mol. The number of nitrogen functional groups attached to an aromatic ring is 1. The van der Waals surface area contributed by atoms with Crippen LogP contribution in [-0.2, 0) is 16.6 Å². The summed E-state index contributed by atoms with van der Waals surface area (Å²) in [5, 5.41) is 0. The van der Waals surface area contributed by atoms with Gasteiger partial charge in [0.15, 0.2) is 0 Å². The zero-order valence-electron chi connectivity index (χ0n) is 10.1. The van der Waals surface area contributed by atoms with Gasteiger partial charge in [0.05, 0.1) is 5.69 Å². The summed E-state index contributed by atoms with van der Waals surface area (Å²) in [4.78, 5) is 0. The van der Waals surface area contributed by atoms with Crippen molar-refractivity contribution in [2.45, 2.75) is 31.7 Å². The second-order valence-corrected chi connectivity index (χ2v) is 6.59. The molecule has 0 spiro atoms. The molecule has 0 radical (unpaired) electrons. The van der Waals surface area contributed by atoms with E-state index in [1.54, 1.807) is 6.07 Å². The molecule has 1 saturated carbocycles. The Morgan fingerprint density at radius 2 is 2.11 bits per heavy atom. The fraction of sp³-hybridized carbons (Fsp3) is 0.500. The van der Waals surface area contributed by atoms with E-state index in [4.69, 9.17) is 5.73 Å². The molecule has 3 rings (SSSR count). The van der Waals surface area contributed by atoms with E-state index in [1.165, 1.54) is 4.31 Å². The molecule has 3 N–H and O–H groups in total. The molecule has 6 heteroatoms. The normalized spacial score (nSPS) is 19.7. The Morgan fingerprint density at radius 1 is 1.33 bits per heavy atom. The Kier molecular flexibility index (Phi) is 2.71. The van der Waals surface area contributed by atoms with Crippen LogP contribution in [0.2, 0.25) is 0 Å². The number of hydrogen-bond donors (Lipinski definition) is 2. The van der Waals surface area contributed by atoms with Crippen LogP contribution in [0.15, 0.2) is 18.2 Å². The highest BCUT2D eigenvalue weighted by atomic mass is 32.2. The number of hydrogen-bond acceptors (Lipinski definition) is 3. The molecule has 0 amide bonds. The van der Waals surface area contributed by atoms with Crippen molar-refractivity contribution in [3.05, 3.63) is 23.8 Å². The molecule has 98 valence electrons. The number of nitrogens with two attached hydrogens (primary N) is 1. The van der Waals surface area contributed by atoms with Crippen molar-refractivity contribution in [3.63, 3.8) is 0 Å². The second-order valence-electron chi connectivity index (χ2n) is 4.96. The fourth-order valence-corrected chi connectivity index (χ4v) is 3.87. The number of aryl methyl sites for hydroxylation is 1. The zero-order chi connectivity index (χ0) is 12.8. The van der Waals surface area contributed by atoms with Gasteiger partial charge in [-0.25, -0.2) is 0 Å². The largest absolute Gasteiger partial charge is 0.399 e. The molecule has 1 aliphatic heterocycles. The first-order chi connectivity index (χ1) is 8.56. The highest BCUT2D eigenvalue weighted by Crippen LogP contribution is 2.31. The molecule has 0 unspecified atom stereocenters. The fourth-order valence-electron chi connectivity index (χ4n) is 2.28. The van der Waals surface area contributed by atoms with E-state index in [2.05, 4.69) is 4.72 Å². The molecule has 5 nitrogen and oxygen atoms in total. The number of nitrogens with zero attached hydrogens (tertiary/aromatic N) is 1. The van der Waals surface area contributed by atoms with Gasteiger partial charge < -0.3 is 5.73 Å². The van der Waals surface area contributed by atoms with Gasteiger partial charge in [0.25, 0.3) is 0 Å². The lowest BCUT2D eigenvalue weighted by Crippen LogP contribution is -2.44. The summed E-state index contributed by atoms with van der Waals surface area (Å²) in [6, 6.07) is 5.62. The molecule has 1 heterocycles. The van der Waals surface area contributed by atoms with Crippen molar-refractivity contribution in [2.75, 3.05) is 16.6 Å². The van der Waals surface area contributed by atoms with Crippen LogP contribution in [0.3, 0.4) is 0 Å². The molecule has 0 saturated heterocycles. The van der Waals surface area contributed by atoms with Crippen molar-refractivity contribution in [2.24, 2.45) is 0 Å². The molecule has 1 aromatic carbocycles. The quantitative estimate of drug-likeness (QED) is 0.803. The van der Waals surface area contributed by atoms with Crippen LogP contribution >= 0.6 is 0 Å². The molecule has 1 aliphatic carbocycles. The van der Waals surface area contributed by atoms with Gasteiger partial charge >= 0.3 is 10.2 Å². The summed E-state index contributed by atoms with van der Waals surface area (Å²) in [7, 11) is -3.42. The highest BCUT2D eigenvalue weighted by molar-refractivity contribution is 7.90. The monoisotopic (exact) mass is 267 g/mol.